The monoisotopic (exact) mass is 291 g/mol. The van der Waals surface area contributed by atoms with Crippen LogP contribution in [0.2, 0.25) is 0 Å². The molecule has 0 saturated carbocycles. The number of thiazole rings is 1. The van der Waals surface area contributed by atoms with Crippen molar-refractivity contribution in [2.45, 2.75) is 24.4 Å². The Balaban J connectivity index is 1.78. The van der Waals surface area contributed by atoms with Crippen LogP contribution in [0.5, 0.6) is 0 Å². The van der Waals surface area contributed by atoms with Crippen LogP contribution in [0.1, 0.15) is 18.2 Å². The lowest BCUT2D eigenvalue weighted by molar-refractivity contribution is -0.141. The number of hydrogen-bond acceptors (Lipinski definition) is 4. The van der Waals surface area contributed by atoms with Crippen LogP contribution in [0.3, 0.4) is 0 Å². The number of thioether (sulfide) groups is 1. The molecule has 2 aromatic rings. The highest BCUT2D eigenvalue weighted by Gasteiger charge is 2.45. The van der Waals surface area contributed by atoms with Crippen LogP contribution < -0.4 is 0 Å². The highest BCUT2D eigenvalue weighted by Crippen LogP contribution is 2.44. The Kier molecular flexibility index (Phi) is 2.35. The number of amides is 1. The fraction of sp³-hybridized carbons (Fsp3) is 0.385. The fourth-order valence-corrected chi connectivity index (χ4v) is 4.74. The normalized spacial score (nSPS) is 25.7. The molecule has 1 amide bonds. The summed E-state index contributed by atoms with van der Waals surface area (Å²) in [5, 5.41) is 1.07. The maximum absolute atomic E-state index is 11.5. The third kappa shape index (κ3) is 1.47. The Morgan fingerprint density at radius 3 is 3.05 bits per heavy atom. The molecule has 2 aliphatic heterocycles. The van der Waals surface area contributed by atoms with E-state index in [1.54, 1.807) is 23.1 Å². The van der Waals surface area contributed by atoms with Crippen LogP contribution in [0.25, 0.3) is 10.4 Å². The number of carbonyl (C=O) groups excluding carboxylic acids is 1. The zero-order valence-corrected chi connectivity index (χ0v) is 12.3. The summed E-state index contributed by atoms with van der Waals surface area (Å²) < 4.78 is 2.08. The van der Waals surface area contributed by atoms with Gasteiger partial charge in [-0.25, -0.2) is 4.98 Å². The summed E-state index contributed by atoms with van der Waals surface area (Å²) in [6, 6.07) is 0.391. The lowest BCUT2D eigenvalue weighted by Crippen LogP contribution is -2.48. The van der Waals surface area contributed by atoms with Gasteiger partial charge in [0.15, 0.2) is 0 Å². The van der Waals surface area contributed by atoms with Crippen LogP contribution in [-0.2, 0) is 4.79 Å². The molecule has 2 aromatic heterocycles. The lowest BCUT2D eigenvalue weighted by Gasteiger charge is -2.35. The molecule has 1 saturated heterocycles. The van der Waals surface area contributed by atoms with Gasteiger partial charge in [0.25, 0.3) is 0 Å². The van der Waals surface area contributed by atoms with Crippen LogP contribution in [0, 0.1) is 5.92 Å². The van der Waals surface area contributed by atoms with Crippen molar-refractivity contribution in [2.75, 3.05) is 6.26 Å². The minimum absolute atomic E-state index is 0.251. The molecule has 4 heterocycles. The molecule has 4 rings (SSSR count). The number of hydrogen-bond donors (Lipinski definition) is 0. The van der Waals surface area contributed by atoms with Crippen molar-refractivity contribution in [1.29, 1.82) is 0 Å². The molecule has 0 spiro atoms. The molecule has 0 radical (unpaired) electrons. The van der Waals surface area contributed by atoms with Crippen molar-refractivity contribution >= 4 is 39.4 Å². The maximum atomic E-state index is 11.5. The number of β-lactam (4-membered cyclic amide) rings is 1. The van der Waals surface area contributed by atoms with E-state index in [4.69, 9.17) is 0 Å². The summed E-state index contributed by atoms with van der Waals surface area (Å²) in [7, 11) is 0. The van der Waals surface area contributed by atoms with Gasteiger partial charge in [-0.15, -0.1) is 23.1 Å². The highest BCUT2D eigenvalue weighted by molar-refractivity contribution is 7.98. The van der Waals surface area contributed by atoms with Crippen molar-refractivity contribution < 1.29 is 4.79 Å². The SMILES string of the molecule is CSc1ncn2cc(C3=CN4C(=O)C[C@H]4[C@H]3C)sc12. The average Bonchev–Trinajstić information content (AvgIpc) is 3.01. The summed E-state index contributed by atoms with van der Waals surface area (Å²) >= 11 is 3.43. The number of imidazole rings is 1. The van der Waals surface area contributed by atoms with E-state index in [1.165, 1.54) is 15.3 Å². The number of carbonyl (C=O) groups is 1. The summed E-state index contributed by atoms with van der Waals surface area (Å²) in [4.78, 5) is 20.2. The number of fused-ring (bicyclic) bond motifs is 2. The Labute approximate surface area is 119 Å². The van der Waals surface area contributed by atoms with E-state index < -0.39 is 0 Å². The molecule has 2 atom stereocenters. The Bertz CT molecular complexity index is 715. The first kappa shape index (κ1) is 11.5. The topological polar surface area (TPSA) is 37.6 Å². The molecule has 6 heteroatoms. The van der Waals surface area contributed by atoms with Crippen molar-refractivity contribution in [2.24, 2.45) is 5.92 Å². The molecule has 98 valence electrons. The smallest absolute Gasteiger partial charge is 0.228 e. The summed E-state index contributed by atoms with van der Waals surface area (Å²) in [5.74, 6) is 0.688. The molecule has 4 nitrogen and oxygen atoms in total. The number of rotatable bonds is 2. The maximum Gasteiger partial charge on any atom is 0.228 e. The highest BCUT2D eigenvalue weighted by atomic mass is 32.2. The van der Waals surface area contributed by atoms with E-state index in [9.17, 15) is 4.79 Å². The average molecular weight is 291 g/mol. The van der Waals surface area contributed by atoms with E-state index in [0.717, 1.165) is 5.03 Å². The fourth-order valence-electron chi connectivity index (χ4n) is 2.85. The van der Waals surface area contributed by atoms with Gasteiger partial charge in [-0.2, -0.15) is 0 Å². The first-order valence-electron chi connectivity index (χ1n) is 6.23. The van der Waals surface area contributed by atoms with Crippen LogP contribution in [-0.4, -0.2) is 32.5 Å². The minimum atomic E-state index is 0.251. The largest absolute Gasteiger partial charge is 0.314 e. The van der Waals surface area contributed by atoms with Gasteiger partial charge in [-0.05, 0) is 11.8 Å². The molecule has 0 aliphatic carbocycles. The molecule has 0 aromatic carbocycles. The first-order chi connectivity index (χ1) is 9.19. The van der Waals surface area contributed by atoms with Crippen molar-refractivity contribution in [3.63, 3.8) is 0 Å². The quantitative estimate of drug-likeness (QED) is 0.630. The second kappa shape index (κ2) is 3.86. The van der Waals surface area contributed by atoms with Crippen LogP contribution in [0.15, 0.2) is 23.8 Å². The van der Waals surface area contributed by atoms with Gasteiger partial charge in [0.05, 0.1) is 10.9 Å². The lowest BCUT2D eigenvalue weighted by atomic mass is 9.90. The van der Waals surface area contributed by atoms with Crippen LogP contribution in [0.4, 0.5) is 0 Å². The minimum Gasteiger partial charge on any atom is -0.314 e. The van der Waals surface area contributed by atoms with E-state index in [-0.39, 0.29) is 5.91 Å². The van der Waals surface area contributed by atoms with Gasteiger partial charge in [0.1, 0.15) is 16.2 Å². The Morgan fingerprint density at radius 2 is 2.37 bits per heavy atom. The van der Waals surface area contributed by atoms with Gasteiger partial charge in [0.2, 0.25) is 5.91 Å². The Morgan fingerprint density at radius 1 is 1.53 bits per heavy atom. The van der Waals surface area contributed by atoms with Gasteiger partial charge in [-0.3, -0.25) is 9.20 Å². The van der Waals surface area contributed by atoms with Gasteiger partial charge >= 0.3 is 0 Å². The third-order valence-corrected chi connectivity index (χ3v) is 6.01. The predicted molar refractivity (Wildman–Crippen MR) is 77.2 cm³/mol. The van der Waals surface area contributed by atoms with Gasteiger partial charge in [-0.1, -0.05) is 6.92 Å². The van der Waals surface area contributed by atoms with Gasteiger partial charge < -0.3 is 4.90 Å². The summed E-state index contributed by atoms with van der Waals surface area (Å²) in [5.41, 5.74) is 1.29. The molecular formula is C13H13N3OS2. The van der Waals surface area contributed by atoms with E-state index in [0.29, 0.717) is 18.4 Å². The van der Waals surface area contributed by atoms with Crippen molar-refractivity contribution in [1.82, 2.24) is 14.3 Å². The molecule has 0 N–H and O–H groups in total. The van der Waals surface area contributed by atoms with E-state index in [1.807, 2.05) is 23.7 Å². The van der Waals surface area contributed by atoms with Crippen molar-refractivity contribution in [3.8, 4) is 0 Å². The zero-order valence-electron chi connectivity index (χ0n) is 10.7. The molecular weight excluding hydrogens is 278 g/mol. The number of nitrogens with zero attached hydrogens (tertiary/aromatic N) is 3. The molecule has 0 unspecified atom stereocenters. The second-order valence-corrected chi connectivity index (χ2v) is 6.83. The third-order valence-electron chi connectivity index (χ3n) is 4.03. The zero-order chi connectivity index (χ0) is 13.1. The summed E-state index contributed by atoms with van der Waals surface area (Å²) in [6.45, 7) is 2.21. The van der Waals surface area contributed by atoms with Gasteiger partial charge in [0, 0.05) is 24.7 Å². The molecule has 2 aliphatic rings. The number of aromatic nitrogens is 2. The molecule has 0 bridgehead atoms. The van der Waals surface area contributed by atoms with E-state index >= 15 is 0 Å². The summed E-state index contributed by atoms with van der Waals surface area (Å²) in [6.07, 6.45) is 8.78. The van der Waals surface area contributed by atoms with Crippen molar-refractivity contribution in [3.05, 3.63) is 23.6 Å². The van der Waals surface area contributed by atoms with Crippen LogP contribution >= 0.6 is 23.1 Å². The second-order valence-electron chi connectivity index (χ2n) is 5.01. The standard InChI is InChI=1S/C13H13N3OS2/c1-7-8(4-16-9(7)3-11(16)17)10-5-15-6-14-12(18-2)13(15)19-10/h4-7,9H,3H2,1-2H3/t7-,9-/m0/s1. The predicted octanol–water partition coefficient (Wildman–Crippen LogP) is 2.71. The van der Waals surface area contributed by atoms with E-state index in [2.05, 4.69) is 22.5 Å². The first-order valence-corrected chi connectivity index (χ1v) is 8.27. The molecule has 1 fully saturated rings. The molecule has 19 heavy (non-hydrogen) atoms. The Hall–Kier alpha value is -1.27.